The van der Waals surface area contributed by atoms with Crippen molar-refractivity contribution in [2.45, 2.75) is 32.0 Å². The number of piperidine rings is 1. The zero-order chi connectivity index (χ0) is 17.0. The number of halogens is 3. The Morgan fingerprint density at radius 2 is 2.13 bits per heavy atom. The lowest BCUT2D eigenvalue weighted by molar-refractivity contribution is -0.208. The number of aryl methyl sites for hydroxylation is 1. The number of aliphatic hydroxyl groups is 1. The van der Waals surface area contributed by atoms with E-state index in [1.165, 1.54) is 4.90 Å². The molecule has 0 spiro atoms. The highest BCUT2D eigenvalue weighted by atomic mass is 19.4. The van der Waals surface area contributed by atoms with Crippen LogP contribution in [0, 0.1) is 12.8 Å². The van der Waals surface area contributed by atoms with Crippen molar-refractivity contribution in [1.82, 2.24) is 9.88 Å². The minimum Gasteiger partial charge on any atom is -0.382 e. The smallest absolute Gasteiger partial charge is 0.382 e. The lowest BCUT2D eigenvalue weighted by Crippen LogP contribution is -2.45. The van der Waals surface area contributed by atoms with E-state index in [9.17, 15) is 18.0 Å². The molecule has 1 aromatic heterocycles. The van der Waals surface area contributed by atoms with Gasteiger partial charge < -0.3 is 15.3 Å². The van der Waals surface area contributed by atoms with Crippen molar-refractivity contribution in [3.05, 3.63) is 23.9 Å². The molecular weight excluding hydrogens is 311 g/mol. The third-order valence-electron chi connectivity index (χ3n) is 3.93. The first kappa shape index (κ1) is 17.7. The van der Waals surface area contributed by atoms with E-state index in [0.717, 1.165) is 5.56 Å². The second-order valence-corrected chi connectivity index (χ2v) is 5.84. The summed E-state index contributed by atoms with van der Waals surface area (Å²) >= 11 is 0. The Labute approximate surface area is 132 Å². The summed E-state index contributed by atoms with van der Waals surface area (Å²) in [5, 5.41) is 11.8. The highest BCUT2D eigenvalue weighted by Crippen LogP contribution is 2.24. The van der Waals surface area contributed by atoms with Crippen molar-refractivity contribution in [3.8, 4) is 0 Å². The molecule has 2 heterocycles. The normalized spacial score (nSPS) is 18.7. The number of aliphatic hydroxyl groups excluding tert-OH is 1. The molecule has 8 heteroatoms. The number of hydrogen-bond donors (Lipinski definition) is 2. The van der Waals surface area contributed by atoms with Crippen molar-refractivity contribution in [2.75, 3.05) is 25.0 Å². The first-order valence-corrected chi connectivity index (χ1v) is 7.46. The zero-order valence-corrected chi connectivity index (χ0v) is 12.8. The van der Waals surface area contributed by atoms with E-state index in [1.807, 2.05) is 13.0 Å². The number of pyridine rings is 1. The predicted molar refractivity (Wildman–Crippen MR) is 78.8 cm³/mol. The SMILES string of the molecule is Cc1ccnc(NC(=O)C2CCN(C[C@H](O)C(F)(F)F)CC2)c1. The Kier molecular flexibility index (Phi) is 5.59. The maximum Gasteiger partial charge on any atom is 0.415 e. The van der Waals surface area contributed by atoms with Gasteiger partial charge in [0.2, 0.25) is 5.91 Å². The first-order chi connectivity index (χ1) is 10.8. The van der Waals surface area contributed by atoms with Gasteiger partial charge in [-0.05, 0) is 50.6 Å². The van der Waals surface area contributed by atoms with Crippen LogP contribution in [0.4, 0.5) is 19.0 Å². The molecular formula is C15H20F3N3O2. The standard InChI is InChI=1S/C15H20F3N3O2/c1-10-2-5-19-13(8-10)20-14(23)11-3-6-21(7-4-11)9-12(22)15(16,17)18/h2,5,8,11-12,22H,3-4,6-7,9H2,1H3,(H,19,20,23)/t12-/m0/s1. The van der Waals surface area contributed by atoms with Crippen molar-refractivity contribution in [3.63, 3.8) is 0 Å². The molecule has 128 valence electrons. The van der Waals surface area contributed by atoms with Crippen LogP contribution < -0.4 is 5.32 Å². The minimum absolute atomic E-state index is 0.167. The average Bonchev–Trinajstić information content (AvgIpc) is 2.47. The van der Waals surface area contributed by atoms with Crippen molar-refractivity contribution < 1.29 is 23.1 Å². The predicted octanol–water partition coefficient (Wildman–Crippen LogP) is 1.96. The van der Waals surface area contributed by atoms with Gasteiger partial charge in [0.05, 0.1) is 0 Å². The van der Waals surface area contributed by atoms with Crippen LogP contribution in [0.1, 0.15) is 18.4 Å². The molecule has 23 heavy (non-hydrogen) atoms. The molecule has 1 saturated heterocycles. The highest BCUT2D eigenvalue weighted by molar-refractivity contribution is 5.91. The van der Waals surface area contributed by atoms with E-state index in [-0.39, 0.29) is 11.8 Å². The maximum absolute atomic E-state index is 12.3. The van der Waals surface area contributed by atoms with E-state index >= 15 is 0 Å². The molecule has 1 fully saturated rings. The Morgan fingerprint density at radius 1 is 1.48 bits per heavy atom. The molecule has 0 saturated carbocycles. The number of likely N-dealkylation sites (tertiary alicyclic amines) is 1. The summed E-state index contributed by atoms with van der Waals surface area (Å²) in [5.41, 5.74) is 0.978. The van der Waals surface area contributed by atoms with E-state index in [4.69, 9.17) is 5.11 Å². The van der Waals surface area contributed by atoms with Crippen LogP contribution in [0.3, 0.4) is 0 Å². The number of hydrogen-bond acceptors (Lipinski definition) is 4. The summed E-state index contributed by atoms with van der Waals surface area (Å²) in [6.07, 6.45) is -4.42. The molecule has 1 atom stereocenters. The Hall–Kier alpha value is -1.67. The van der Waals surface area contributed by atoms with Crippen LogP contribution in [-0.4, -0.2) is 52.8 Å². The van der Waals surface area contributed by atoms with E-state index in [2.05, 4.69) is 10.3 Å². The monoisotopic (exact) mass is 331 g/mol. The number of amides is 1. The van der Waals surface area contributed by atoms with Gasteiger partial charge in [-0.15, -0.1) is 0 Å². The second kappa shape index (κ2) is 7.27. The molecule has 2 rings (SSSR count). The fraction of sp³-hybridized carbons (Fsp3) is 0.600. The molecule has 0 bridgehead atoms. The summed E-state index contributed by atoms with van der Waals surface area (Å²) in [5.74, 6) is 0.0561. The van der Waals surface area contributed by atoms with Crippen LogP contribution in [0.15, 0.2) is 18.3 Å². The molecule has 1 aromatic rings. The third kappa shape index (κ3) is 5.18. The fourth-order valence-electron chi connectivity index (χ4n) is 2.56. The van der Waals surface area contributed by atoms with Crippen molar-refractivity contribution >= 4 is 11.7 Å². The lowest BCUT2D eigenvalue weighted by atomic mass is 9.95. The Balaban J connectivity index is 1.81. The van der Waals surface area contributed by atoms with Gasteiger partial charge in [-0.25, -0.2) is 4.98 Å². The molecule has 0 unspecified atom stereocenters. The van der Waals surface area contributed by atoms with Gasteiger partial charge >= 0.3 is 6.18 Å². The largest absolute Gasteiger partial charge is 0.415 e. The summed E-state index contributed by atoms with van der Waals surface area (Å²) < 4.78 is 37.0. The summed E-state index contributed by atoms with van der Waals surface area (Å²) in [4.78, 5) is 17.8. The van der Waals surface area contributed by atoms with Crippen molar-refractivity contribution in [2.24, 2.45) is 5.92 Å². The van der Waals surface area contributed by atoms with Gasteiger partial charge in [-0.1, -0.05) is 0 Å². The van der Waals surface area contributed by atoms with Crippen molar-refractivity contribution in [1.29, 1.82) is 0 Å². The molecule has 2 N–H and O–H groups in total. The molecule has 0 radical (unpaired) electrons. The van der Waals surface area contributed by atoms with Crippen LogP contribution in [0.2, 0.25) is 0 Å². The number of carbonyl (C=O) groups excluding carboxylic acids is 1. The maximum atomic E-state index is 12.3. The summed E-state index contributed by atoms with van der Waals surface area (Å²) in [7, 11) is 0. The number of alkyl halides is 3. The van der Waals surface area contributed by atoms with Gasteiger partial charge in [-0.2, -0.15) is 13.2 Å². The zero-order valence-electron chi connectivity index (χ0n) is 12.8. The molecule has 5 nitrogen and oxygen atoms in total. The van der Waals surface area contributed by atoms with Crippen LogP contribution >= 0.6 is 0 Å². The van der Waals surface area contributed by atoms with E-state index < -0.39 is 18.8 Å². The van der Waals surface area contributed by atoms with Crippen LogP contribution in [0.5, 0.6) is 0 Å². The van der Waals surface area contributed by atoms with Crippen LogP contribution in [0.25, 0.3) is 0 Å². The number of carbonyl (C=O) groups is 1. The van der Waals surface area contributed by atoms with Crippen LogP contribution in [-0.2, 0) is 4.79 Å². The number of aromatic nitrogens is 1. The first-order valence-electron chi connectivity index (χ1n) is 7.46. The fourth-order valence-corrected chi connectivity index (χ4v) is 2.56. The van der Waals surface area contributed by atoms with Gasteiger partial charge in [0, 0.05) is 18.7 Å². The quantitative estimate of drug-likeness (QED) is 0.885. The Morgan fingerprint density at radius 3 is 2.70 bits per heavy atom. The molecule has 1 amide bonds. The number of nitrogens with one attached hydrogen (secondary N) is 1. The number of nitrogens with zero attached hydrogens (tertiary/aromatic N) is 2. The van der Waals surface area contributed by atoms with Gasteiger partial charge in [-0.3, -0.25) is 4.79 Å². The summed E-state index contributed by atoms with van der Waals surface area (Å²) in [6, 6.07) is 3.58. The third-order valence-corrected chi connectivity index (χ3v) is 3.93. The topological polar surface area (TPSA) is 65.5 Å². The molecule has 1 aliphatic heterocycles. The van der Waals surface area contributed by atoms with Gasteiger partial charge in [0.25, 0.3) is 0 Å². The second-order valence-electron chi connectivity index (χ2n) is 5.84. The average molecular weight is 331 g/mol. The lowest BCUT2D eigenvalue weighted by Gasteiger charge is -2.32. The highest BCUT2D eigenvalue weighted by Gasteiger charge is 2.39. The van der Waals surface area contributed by atoms with Gasteiger partial charge in [0.1, 0.15) is 5.82 Å². The van der Waals surface area contributed by atoms with E-state index in [0.29, 0.717) is 31.7 Å². The molecule has 1 aliphatic rings. The molecule has 0 aromatic carbocycles. The van der Waals surface area contributed by atoms with Gasteiger partial charge in [0.15, 0.2) is 6.10 Å². The summed E-state index contributed by atoms with van der Waals surface area (Å²) in [6.45, 7) is 2.15. The number of rotatable bonds is 4. The Bertz CT molecular complexity index is 543. The number of β-amino-alcohol motifs (C(OH)–C–C–N with tert-alkyl or cyclic N) is 1. The molecule has 0 aliphatic carbocycles. The van der Waals surface area contributed by atoms with E-state index in [1.54, 1.807) is 12.3 Å². The minimum atomic E-state index is -4.61. The number of anilines is 1.